The summed E-state index contributed by atoms with van der Waals surface area (Å²) in [5.74, 6) is -0.984. The molecule has 0 saturated heterocycles. The van der Waals surface area contributed by atoms with E-state index in [4.69, 9.17) is 5.11 Å². The first-order valence-electron chi connectivity index (χ1n) is 6.14. The van der Waals surface area contributed by atoms with Crippen molar-refractivity contribution in [2.75, 3.05) is 12.8 Å². The maximum atomic E-state index is 11.6. The van der Waals surface area contributed by atoms with Gasteiger partial charge in [0.05, 0.1) is 0 Å². The molecule has 0 rings (SSSR count). The molecule has 106 valence electrons. The topological polar surface area (TPSA) is 78.4 Å². The van der Waals surface area contributed by atoms with E-state index in [1.807, 2.05) is 27.0 Å². The fraction of sp³-hybridized carbons (Fsp3) is 0.833. The molecular weight excluding hydrogens is 252 g/mol. The predicted molar refractivity (Wildman–Crippen MR) is 75.1 cm³/mol. The van der Waals surface area contributed by atoms with Gasteiger partial charge in [-0.3, -0.25) is 0 Å². The first-order valence-corrected chi connectivity index (χ1v) is 7.37. The SMILES string of the molecule is CCCC[C@H](NC(=O)NCC(C)(C)SC)C(=O)O. The molecule has 18 heavy (non-hydrogen) atoms. The van der Waals surface area contributed by atoms with Gasteiger partial charge in [-0.2, -0.15) is 11.8 Å². The number of carboxylic acid groups (broad SMARTS) is 1. The molecule has 1 atom stereocenters. The van der Waals surface area contributed by atoms with Crippen LogP contribution >= 0.6 is 11.8 Å². The number of unbranched alkanes of at least 4 members (excludes halogenated alkanes) is 1. The van der Waals surface area contributed by atoms with Crippen LogP contribution in [0.15, 0.2) is 0 Å². The Bertz CT molecular complexity index is 282. The Hall–Kier alpha value is -0.910. The van der Waals surface area contributed by atoms with Crippen LogP contribution in [0, 0.1) is 0 Å². The van der Waals surface area contributed by atoms with Crippen molar-refractivity contribution in [1.29, 1.82) is 0 Å². The van der Waals surface area contributed by atoms with Gasteiger partial charge in [0.15, 0.2) is 0 Å². The van der Waals surface area contributed by atoms with Crippen molar-refractivity contribution in [1.82, 2.24) is 10.6 Å². The third kappa shape index (κ3) is 7.42. The Morgan fingerprint density at radius 2 is 2.00 bits per heavy atom. The van der Waals surface area contributed by atoms with Crippen molar-refractivity contribution >= 4 is 23.8 Å². The van der Waals surface area contributed by atoms with E-state index in [9.17, 15) is 9.59 Å². The second-order valence-electron chi connectivity index (χ2n) is 4.82. The fourth-order valence-corrected chi connectivity index (χ4v) is 1.46. The number of carboxylic acids is 1. The second-order valence-corrected chi connectivity index (χ2v) is 6.34. The number of carbonyl (C=O) groups is 2. The van der Waals surface area contributed by atoms with Gasteiger partial charge in [0.1, 0.15) is 6.04 Å². The van der Waals surface area contributed by atoms with Gasteiger partial charge in [-0.1, -0.05) is 19.8 Å². The highest BCUT2D eigenvalue weighted by Crippen LogP contribution is 2.19. The highest BCUT2D eigenvalue weighted by molar-refractivity contribution is 7.99. The summed E-state index contributed by atoms with van der Waals surface area (Å²) in [6.45, 7) is 6.52. The number of hydrogen-bond donors (Lipinski definition) is 3. The molecule has 0 aromatic rings. The number of aliphatic carboxylic acids is 1. The maximum absolute atomic E-state index is 11.6. The summed E-state index contributed by atoms with van der Waals surface area (Å²) in [6.07, 6.45) is 4.13. The van der Waals surface area contributed by atoms with Crippen molar-refractivity contribution in [2.45, 2.75) is 50.8 Å². The van der Waals surface area contributed by atoms with E-state index in [0.29, 0.717) is 13.0 Å². The third-order valence-corrected chi connectivity index (χ3v) is 3.93. The van der Waals surface area contributed by atoms with Gasteiger partial charge < -0.3 is 15.7 Å². The molecule has 6 heteroatoms. The Labute approximate surface area is 113 Å². The quantitative estimate of drug-likeness (QED) is 0.634. The maximum Gasteiger partial charge on any atom is 0.326 e. The van der Waals surface area contributed by atoms with Gasteiger partial charge in [0.2, 0.25) is 0 Å². The predicted octanol–water partition coefficient (Wildman–Crippen LogP) is 2.07. The number of urea groups is 1. The molecule has 3 N–H and O–H groups in total. The molecule has 0 aromatic carbocycles. The lowest BCUT2D eigenvalue weighted by Gasteiger charge is -2.23. The van der Waals surface area contributed by atoms with Crippen LogP contribution in [-0.2, 0) is 4.79 Å². The van der Waals surface area contributed by atoms with Gasteiger partial charge >= 0.3 is 12.0 Å². The zero-order valence-corrected chi connectivity index (χ0v) is 12.4. The van der Waals surface area contributed by atoms with Gasteiger partial charge in [0.25, 0.3) is 0 Å². The molecule has 0 aliphatic carbocycles. The van der Waals surface area contributed by atoms with Crippen molar-refractivity contribution < 1.29 is 14.7 Å². The highest BCUT2D eigenvalue weighted by Gasteiger charge is 2.21. The minimum absolute atomic E-state index is 0.0561. The molecule has 0 heterocycles. The average molecular weight is 276 g/mol. The standard InChI is InChI=1S/C12H24N2O3S/c1-5-6-7-9(10(15)16)14-11(17)13-8-12(2,3)18-4/h9H,5-8H2,1-4H3,(H,15,16)(H2,13,14,17)/t9-/m0/s1. The Kier molecular flexibility index (Phi) is 7.82. The number of hydrogen-bond acceptors (Lipinski definition) is 3. The number of rotatable bonds is 8. The van der Waals surface area contributed by atoms with Crippen LogP contribution in [0.25, 0.3) is 0 Å². The molecule has 0 aliphatic heterocycles. The molecule has 0 aliphatic rings. The zero-order valence-electron chi connectivity index (χ0n) is 11.6. The van der Waals surface area contributed by atoms with Crippen LogP contribution in [0.5, 0.6) is 0 Å². The van der Waals surface area contributed by atoms with Crippen LogP contribution < -0.4 is 10.6 Å². The summed E-state index contributed by atoms with van der Waals surface area (Å²) >= 11 is 1.65. The fourth-order valence-electron chi connectivity index (χ4n) is 1.24. The van der Waals surface area contributed by atoms with E-state index >= 15 is 0 Å². The third-order valence-electron chi connectivity index (χ3n) is 2.68. The zero-order chi connectivity index (χ0) is 14.2. The Balaban J connectivity index is 4.14. The Morgan fingerprint density at radius 3 is 2.44 bits per heavy atom. The van der Waals surface area contributed by atoms with Crippen LogP contribution in [0.2, 0.25) is 0 Å². The molecule has 0 radical (unpaired) electrons. The number of amides is 2. The summed E-state index contributed by atoms with van der Waals surface area (Å²) in [7, 11) is 0. The monoisotopic (exact) mass is 276 g/mol. The molecule has 0 unspecified atom stereocenters. The lowest BCUT2D eigenvalue weighted by Crippen LogP contribution is -2.48. The summed E-state index contributed by atoms with van der Waals surface area (Å²) in [6, 6.07) is -1.22. The first-order chi connectivity index (χ1) is 8.32. The number of nitrogens with one attached hydrogen (secondary N) is 2. The van der Waals surface area contributed by atoms with Gasteiger partial charge in [-0.25, -0.2) is 9.59 Å². The van der Waals surface area contributed by atoms with Crippen LogP contribution in [0.4, 0.5) is 4.79 Å². The van der Waals surface area contributed by atoms with Crippen LogP contribution in [0.1, 0.15) is 40.0 Å². The van der Waals surface area contributed by atoms with Gasteiger partial charge in [-0.05, 0) is 26.5 Å². The molecule has 0 spiro atoms. The van der Waals surface area contributed by atoms with E-state index in [0.717, 1.165) is 12.8 Å². The second kappa shape index (κ2) is 8.24. The van der Waals surface area contributed by atoms with Crippen molar-refractivity contribution in [3.63, 3.8) is 0 Å². The van der Waals surface area contributed by atoms with E-state index in [1.165, 1.54) is 0 Å². The first kappa shape index (κ1) is 17.1. The van der Waals surface area contributed by atoms with Crippen molar-refractivity contribution in [3.05, 3.63) is 0 Å². The molecule has 0 fully saturated rings. The summed E-state index contributed by atoms with van der Waals surface area (Å²) in [5.41, 5.74) is 0. The lowest BCUT2D eigenvalue weighted by molar-refractivity contribution is -0.139. The van der Waals surface area contributed by atoms with E-state index in [-0.39, 0.29) is 4.75 Å². The minimum atomic E-state index is -0.984. The molecule has 0 saturated carbocycles. The molecule has 2 amide bonds. The lowest BCUT2D eigenvalue weighted by atomic mass is 10.1. The van der Waals surface area contributed by atoms with Crippen LogP contribution in [-0.4, -0.2) is 40.7 Å². The van der Waals surface area contributed by atoms with Gasteiger partial charge in [0, 0.05) is 11.3 Å². The van der Waals surface area contributed by atoms with E-state index in [2.05, 4.69) is 10.6 Å². The molecule has 5 nitrogen and oxygen atoms in total. The normalized spacial score (nSPS) is 12.9. The average Bonchev–Trinajstić information content (AvgIpc) is 2.31. The molecule has 0 bridgehead atoms. The Morgan fingerprint density at radius 1 is 1.39 bits per heavy atom. The summed E-state index contributed by atoms with van der Waals surface area (Å²) in [4.78, 5) is 22.5. The van der Waals surface area contributed by atoms with Crippen molar-refractivity contribution in [2.24, 2.45) is 0 Å². The van der Waals surface area contributed by atoms with E-state index in [1.54, 1.807) is 11.8 Å². The van der Waals surface area contributed by atoms with E-state index < -0.39 is 18.0 Å². The molecular formula is C12H24N2O3S. The minimum Gasteiger partial charge on any atom is -0.480 e. The largest absolute Gasteiger partial charge is 0.480 e. The number of thioether (sulfide) groups is 1. The molecule has 0 aromatic heterocycles. The van der Waals surface area contributed by atoms with Crippen LogP contribution in [0.3, 0.4) is 0 Å². The highest BCUT2D eigenvalue weighted by atomic mass is 32.2. The van der Waals surface area contributed by atoms with Gasteiger partial charge in [-0.15, -0.1) is 0 Å². The smallest absolute Gasteiger partial charge is 0.326 e. The summed E-state index contributed by atoms with van der Waals surface area (Å²) in [5, 5.41) is 14.2. The van der Waals surface area contributed by atoms with Crippen molar-refractivity contribution in [3.8, 4) is 0 Å². The summed E-state index contributed by atoms with van der Waals surface area (Å²) < 4.78 is -0.0561. The number of carbonyl (C=O) groups excluding carboxylic acids is 1.